The summed E-state index contributed by atoms with van der Waals surface area (Å²) in [5.41, 5.74) is 7.47. The van der Waals surface area contributed by atoms with Crippen molar-refractivity contribution in [3.63, 3.8) is 0 Å². The summed E-state index contributed by atoms with van der Waals surface area (Å²) in [5.74, 6) is 0.0506. The molecule has 0 bridgehead atoms. The number of piperidine rings is 1. The molecule has 0 saturated carbocycles. The largest absolute Gasteiger partial charge is 0.334 e. The van der Waals surface area contributed by atoms with Gasteiger partial charge in [0.2, 0.25) is 10.0 Å². The van der Waals surface area contributed by atoms with E-state index in [0.717, 1.165) is 31.4 Å². The minimum atomic E-state index is -3.22. The van der Waals surface area contributed by atoms with Crippen LogP contribution in [0, 0.1) is 0 Å². The third-order valence-corrected chi connectivity index (χ3v) is 5.84. The number of amides is 1. The maximum atomic E-state index is 12.7. The Labute approximate surface area is 144 Å². The first-order valence-electron chi connectivity index (χ1n) is 8.47. The van der Waals surface area contributed by atoms with Crippen molar-refractivity contribution in [3.05, 3.63) is 35.4 Å². The van der Waals surface area contributed by atoms with Gasteiger partial charge in [0.1, 0.15) is 0 Å². The lowest BCUT2D eigenvalue weighted by molar-refractivity contribution is 0.0584. The molecule has 1 saturated heterocycles. The molecule has 1 aliphatic heterocycles. The van der Waals surface area contributed by atoms with Gasteiger partial charge in [-0.3, -0.25) is 4.79 Å². The van der Waals surface area contributed by atoms with E-state index in [9.17, 15) is 13.2 Å². The zero-order valence-electron chi connectivity index (χ0n) is 14.4. The summed E-state index contributed by atoms with van der Waals surface area (Å²) in [6.07, 6.45) is 3.05. The fourth-order valence-electron chi connectivity index (χ4n) is 2.98. The van der Waals surface area contributed by atoms with Gasteiger partial charge in [-0.15, -0.1) is 0 Å². The topological polar surface area (TPSA) is 92.5 Å². The average Bonchev–Trinajstić information content (AvgIpc) is 2.60. The van der Waals surface area contributed by atoms with Gasteiger partial charge in [-0.25, -0.2) is 13.1 Å². The fourth-order valence-corrected chi connectivity index (χ4v) is 3.57. The van der Waals surface area contributed by atoms with Crippen molar-refractivity contribution in [2.45, 2.75) is 51.7 Å². The highest BCUT2D eigenvalue weighted by Gasteiger charge is 2.29. The van der Waals surface area contributed by atoms with Crippen molar-refractivity contribution >= 4 is 15.9 Å². The molecule has 0 radical (unpaired) electrons. The molecule has 1 aliphatic rings. The van der Waals surface area contributed by atoms with Gasteiger partial charge < -0.3 is 10.6 Å². The molecule has 1 amide bonds. The summed E-state index contributed by atoms with van der Waals surface area (Å²) in [4.78, 5) is 14.6. The summed E-state index contributed by atoms with van der Waals surface area (Å²) >= 11 is 0. The second kappa shape index (κ2) is 8.09. The number of rotatable bonds is 6. The summed E-state index contributed by atoms with van der Waals surface area (Å²) in [5, 5.41) is 0. The molecule has 134 valence electrons. The van der Waals surface area contributed by atoms with Gasteiger partial charge in [0, 0.05) is 30.7 Å². The number of hydrogen-bond acceptors (Lipinski definition) is 4. The lowest BCUT2D eigenvalue weighted by atomic mass is 9.96. The number of nitrogens with zero attached hydrogens (tertiary/aromatic N) is 1. The van der Waals surface area contributed by atoms with E-state index in [1.54, 1.807) is 31.2 Å². The zero-order chi connectivity index (χ0) is 17.7. The third kappa shape index (κ3) is 4.78. The quantitative estimate of drug-likeness (QED) is 0.810. The van der Waals surface area contributed by atoms with Gasteiger partial charge >= 0.3 is 0 Å². The number of nitrogens with one attached hydrogen (secondary N) is 1. The number of nitrogens with two attached hydrogens (primary N) is 1. The normalized spacial score (nSPS) is 20.0. The number of benzene rings is 1. The molecular weight excluding hydrogens is 326 g/mol. The van der Waals surface area contributed by atoms with E-state index < -0.39 is 10.0 Å². The number of carbonyl (C=O) groups is 1. The summed E-state index contributed by atoms with van der Waals surface area (Å²) in [6, 6.07) is 7.13. The number of likely N-dealkylation sites (tertiary alicyclic amines) is 1. The molecule has 2 atom stereocenters. The van der Waals surface area contributed by atoms with E-state index >= 15 is 0 Å². The van der Waals surface area contributed by atoms with Crippen LogP contribution in [-0.4, -0.2) is 43.6 Å². The molecule has 1 aromatic rings. The minimum absolute atomic E-state index is 0.00214. The Balaban J connectivity index is 2.05. The molecule has 0 aromatic heterocycles. The van der Waals surface area contributed by atoms with Crippen molar-refractivity contribution in [2.75, 3.05) is 12.3 Å². The maximum absolute atomic E-state index is 12.7. The molecular formula is C17H27N3O3S. The van der Waals surface area contributed by atoms with Crippen LogP contribution in [0.4, 0.5) is 0 Å². The first kappa shape index (κ1) is 18.9. The summed E-state index contributed by atoms with van der Waals surface area (Å²) in [7, 11) is -3.22. The second-order valence-electron chi connectivity index (χ2n) is 6.34. The average molecular weight is 353 g/mol. The van der Waals surface area contributed by atoms with Crippen molar-refractivity contribution in [1.29, 1.82) is 0 Å². The van der Waals surface area contributed by atoms with Crippen LogP contribution in [0.15, 0.2) is 24.3 Å². The standard InChI is InChI=1S/C17H27N3O3S/c1-3-24(22,23)19-12-14-7-9-15(10-8-14)17(21)20-11-5-4-6-16(20)13(2)18/h7-10,13,16,19H,3-6,11-12,18H2,1-2H3. The summed E-state index contributed by atoms with van der Waals surface area (Å²) < 4.78 is 25.5. The molecule has 0 aliphatic carbocycles. The zero-order valence-corrected chi connectivity index (χ0v) is 15.2. The lowest BCUT2D eigenvalue weighted by Gasteiger charge is -2.38. The van der Waals surface area contributed by atoms with Crippen LogP contribution >= 0.6 is 0 Å². The van der Waals surface area contributed by atoms with Crippen LogP contribution in [0.3, 0.4) is 0 Å². The molecule has 1 heterocycles. The first-order valence-corrected chi connectivity index (χ1v) is 10.1. The fraction of sp³-hybridized carbons (Fsp3) is 0.588. The maximum Gasteiger partial charge on any atom is 0.254 e. The van der Waals surface area contributed by atoms with Crippen molar-refractivity contribution in [1.82, 2.24) is 9.62 Å². The number of hydrogen-bond donors (Lipinski definition) is 2. The van der Waals surface area contributed by atoms with E-state index in [4.69, 9.17) is 5.73 Å². The van der Waals surface area contributed by atoms with Crippen LogP contribution in [0.25, 0.3) is 0 Å². The van der Waals surface area contributed by atoms with Crippen LogP contribution < -0.4 is 10.5 Å². The Morgan fingerprint density at radius 3 is 2.58 bits per heavy atom. The highest BCUT2D eigenvalue weighted by Crippen LogP contribution is 2.21. The van der Waals surface area contributed by atoms with Gasteiger partial charge in [0.15, 0.2) is 0 Å². The SMILES string of the molecule is CCS(=O)(=O)NCc1ccc(C(=O)N2CCCCC2C(C)N)cc1. The van der Waals surface area contributed by atoms with E-state index in [0.29, 0.717) is 5.56 Å². The van der Waals surface area contributed by atoms with Gasteiger partial charge in [-0.1, -0.05) is 12.1 Å². The highest BCUT2D eigenvalue weighted by molar-refractivity contribution is 7.89. The molecule has 2 rings (SSSR count). The first-order chi connectivity index (χ1) is 11.3. The minimum Gasteiger partial charge on any atom is -0.334 e. The number of carbonyl (C=O) groups excluding carboxylic acids is 1. The van der Waals surface area contributed by atoms with Gasteiger partial charge in [-0.2, -0.15) is 0 Å². The molecule has 1 fully saturated rings. The van der Waals surface area contributed by atoms with Crippen LogP contribution in [0.5, 0.6) is 0 Å². The van der Waals surface area contributed by atoms with E-state index in [1.807, 2.05) is 11.8 Å². The lowest BCUT2D eigenvalue weighted by Crippen LogP contribution is -2.51. The molecule has 7 heteroatoms. The monoisotopic (exact) mass is 353 g/mol. The van der Waals surface area contributed by atoms with E-state index in [1.165, 1.54) is 0 Å². The predicted octanol–water partition coefficient (Wildman–Crippen LogP) is 1.47. The van der Waals surface area contributed by atoms with Crippen molar-refractivity contribution in [2.24, 2.45) is 5.73 Å². The molecule has 3 N–H and O–H groups in total. The second-order valence-corrected chi connectivity index (χ2v) is 8.44. The van der Waals surface area contributed by atoms with Crippen LogP contribution in [0.2, 0.25) is 0 Å². The van der Waals surface area contributed by atoms with Crippen LogP contribution in [0.1, 0.15) is 49.0 Å². The highest BCUT2D eigenvalue weighted by atomic mass is 32.2. The third-order valence-electron chi connectivity index (χ3n) is 4.49. The van der Waals surface area contributed by atoms with E-state index in [-0.39, 0.29) is 30.3 Å². The Morgan fingerprint density at radius 2 is 2.00 bits per heavy atom. The molecule has 24 heavy (non-hydrogen) atoms. The smallest absolute Gasteiger partial charge is 0.254 e. The van der Waals surface area contributed by atoms with Crippen molar-refractivity contribution < 1.29 is 13.2 Å². The molecule has 6 nitrogen and oxygen atoms in total. The van der Waals surface area contributed by atoms with Crippen LogP contribution in [-0.2, 0) is 16.6 Å². The molecule has 2 unspecified atom stereocenters. The Kier molecular flexibility index (Phi) is 6.37. The van der Waals surface area contributed by atoms with Crippen molar-refractivity contribution in [3.8, 4) is 0 Å². The van der Waals surface area contributed by atoms with Gasteiger partial charge in [0.05, 0.1) is 5.75 Å². The summed E-state index contributed by atoms with van der Waals surface area (Å²) in [6.45, 7) is 4.51. The predicted molar refractivity (Wildman–Crippen MR) is 95.1 cm³/mol. The molecule has 0 spiro atoms. The Hall–Kier alpha value is -1.44. The van der Waals surface area contributed by atoms with E-state index in [2.05, 4.69) is 4.72 Å². The Bertz CT molecular complexity index is 656. The van der Waals surface area contributed by atoms with Gasteiger partial charge in [-0.05, 0) is 50.8 Å². The Morgan fingerprint density at radius 1 is 1.33 bits per heavy atom. The van der Waals surface area contributed by atoms with Gasteiger partial charge in [0.25, 0.3) is 5.91 Å². The number of sulfonamides is 1. The molecule has 1 aromatic carbocycles.